The highest BCUT2D eigenvalue weighted by atomic mass is 16.2. The van der Waals surface area contributed by atoms with Crippen molar-refractivity contribution < 1.29 is 4.79 Å². The van der Waals surface area contributed by atoms with Crippen LogP contribution in [-0.2, 0) is 11.8 Å². The van der Waals surface area contributed by atoms with Gasteiger partial charge in [-0.3, -0.25) is 24.2 Å². The van der Waals surface area contributed by atoms with E-state index in [-0.39, 0.29) is 12.3 Å². The number of aliphatic imine (C=N–C) groups is 1. The Kier molecular flexibility index (Phi) is 4.77. The van der Waals surface area contributed by atoms with E-state index in [1.807, 2.05) is 56.4 Å². The van der Waals surface area contributed by atoms with Crippen LogP contribution in [0.25, 0.3) is 28.0 Å². The lowest BCUT2D eigenvalue weighted by Crippen LogP contribution is -2.28. The number of amides is 1. The summed E-state index contributed by atoms with van der Waals surface area (Å²) < 4.78 is 3.79. The highest BCUT2D eigenvalue weighted by Crippen LogP contribution is 2.40. The summed E-state index contributed by atoms with van der Waals surface area (Å²) in [6, 6.07) is 13.8. The fourth-order valence-corrected chi connectivity index (χ4v) is 4.58. The molecule has 4 aromatic heterocycles. The number of aromatic nitrogens is 6. The Balaban J connectivity index is 1.46. The van der Waals surface area contributed by atoms with Gasteiger partial charge in [-0.2, -0.15) is 5.10 Å². The van der Waals surface area contributed by atoms with Gasteiger partial charge in [-0.05, 0) is 42.8 Å². The first-order valence-corrected chi connectivity index (χ1v) is 11.2. The van der Waals surface area contributed by atoms with Crippen molar-refractivity contribution in [2.45, 2.75) is 13.3 Å². The third kappa shape index (κ3) is 3.40. The smallest absolute Gasteiger partial charge is 0.233 e. The number of carbonyl (C=O) groups excluding carboxylic acids is 1. The van der Waals surface area contributed by atoms with E-state index < -0.39 is 0 Å². The van der Waals surface area contributed by atoms with E-state index in [1.165, 1.54) is 0 Å². The summed E-state index contributed by atoms with van der Waals surface area (Å²) in [5.74, 6) is 1.50. The van der Waals surface area contributed by atoms with Gasteiger partial charge in [0, 0.05) is 43.9 Å². The molecular formula is C26H22N8O. The zero-order valence-corrected chi connectivity index (χ0v) is 19.5. The van der Waals surface area contributed by atoms with Crippen LogP contribution in [0.2, 0.25) is 0 Å². The van der Waals surface area contributed by atoms with Gasteiger partial charge in [0.05, 0.1) is 23.8 Å². The summed E-state index contributed by atoms with van der Waals surface area (Å²) in [6.07, 6.45) is 7.20. The summed E-state index contributed by atoms with van der Waals surface area (Å²) in [5.41, 5.74) is 6.61. The largest absolute Gasteiger partial charge is 0.298 e. The van der Waals surface area contributed by atoms with E-state index in [2.05, 4.69) is 24.6 Å². The fourth-order valence-electron chi connectivity index (χ4n) is 4.58. The van der Waals surface area contributed by atoms with Gasteiger partial charge in [-0.25, -0.2) is 14.7 Å². The molecule has 1 amide bonds. The van der Waals surface area contributed by atoms with E-state index in [4.69, 9.17) is 4.99 Å². The van der Waals surface area contributed by atoms with Gasteiger partial charge in [-0.1, -0.05) is 12.1 Å². The molecule has 0 saturated heterocycles. The number of rotatable bonds is 3. The molecule has 1 aliphatic heterocycles. The lowest BCUT2D eigenvalue weighted by Gasteiger charge is -2.15. The van der Waals surface area contributed by atoms with Crippen LogP contribution in [-0.4, -0.2) is 48.0 Å². The molecule has 5 heterocycles. The van der Waals surface area contributed by atoms with Gasteiger partial charge < -0.3 is 0 Å². The van der Waals surface area contributed by atoms with Gasteiger partial charge in [0.15, 0.2) is 5.82 Å². The van der Waals surface area contributed by atoms with Crippen molar-refractivity contribution in [2.24, 2.45) is 12.0 Å². The molecule has 6 rings (SSSR count). The maximum Gasteiger partial charge on any atom is 0.233 e. The standard InChI is InChI=1S/C26H22N8O/c1-16-29-21-15-28-12-10-22(21)34(16)19-8-6-17(7-9-19)20-13-23(35)32(2)26-25(30-20)24(31-33(26)3)18-5-4-11-27-14-18/h4-12,14-15H,13H2,1-3H3. The zero-order valence-electron chi connectivity index (χ0n) is 19.5. The lowest BCUT2D eigenvalue weighted by molar-refractivity contribution is -0.117. The molecule has 9 nitrogen and oxygen atoms in total. The van der Waals surface area contributed by atoms with Gasteiger partial charge in [-0.15, -0.1) is 0 Å². The van der Waals surface area contributed by atoms with Crippen molar-refractivity contribution in [2.75, 3.05) is 11.9 Å². The predicted molar refractivity (Wildman–Crippen MR) is 134 cm³/mol. The number of anilines is 1. The minimum atomic E-state index is -0.0451. The van der Waals surface area contributed by atoms with Gasteiger partial charge in [0.1, 0.15) is 22.7 Å². The number of hydrogen-bond donors (Lipinski definition) is 0. The second-order valence-corrected chi connectivity index (χ2v) is 8.48. The Labute approximate surface area is 201 Å². The van der Waals surface area contributed by atoms with Gasteiger partial charge in [0.2, 0.25) is 5.91 Å². The zero-order chi connectivity index (χ0) is 24.1. The summed E-state index contributed by atoms with van der Waals surface area (Å²) in [5, 5.41) is 4.66. The number of carbonyl (C=O) groups is 1. The molecule has 1 aromatic carbocycles. The first kappa shape index (κ1) is 20.9. The topological polar surface area (TPSA) is 94.1 Å². The number of aryl methyl sites for hydroxylation is 2. The SMILES string of the molecule is Cc1nc2cnccc2n1-c1ccc(C2=Nc3c(-c4cccnc4)nn(C)c3N(C)C(=O)C2)cc1. The Morgan fingerprint density at radius 3 is 2.49 bits per heavy atom. The van der Waals surface area contributed by atoms with E-state index in [1.54, 1.807) is 41.4 Å². The Morgan fingerprint density at radius 2 is 1.71 bits per heavy atom. The van der Waals surface area contributed by atoms with Crippen LogP contribution in [0.4, 0.5) is 11.5 Å². The van der Waals surface area contributed by atoms with Crippen LogP contribution in [0.1, 0.15) is 17.8 Å². The van der Waals surface area contributed by atoms with Crippen molar-refractivity contribution in [1.29, 1.82) is 0 Å². The van der Waals surface area contributed by atoms with Crippen LogP contribution in [0.3, 0.4) is 0 Å². The van der Waals surface area contributed by atoms with E-state index >= 15 is 0 Å². The number of hydrogen-bond acceptors (Lipinski definition) is 6. The van der Waals surface area contributed by atoms with Crippen molar-refractivity contribution in [3.8, 4) is 16.9 Å². The third-order valence-electron chi connectivity index (χ3n) is 6.27. The molecule has 0 saturated carbocycles. The molecular weight excluding hydrogens is 440 g/mol. The molecule has 35 heavy (non-hydrogen) atoms. The van der Waals surface area contributed by atoms with Crippen molar-refractivity contribution in [1.82, 2.24) is 29.3 Å². The third-order valence-corrected chi connectivity index (χ3v) is 6.27. The summed E-state index contributed by atoms with van der Waals surface area (Å²) in [4.78, 5) is 32.7. The summed E-state index contributed by atoms with van der Waals surface area (Å²) in [6.45, 7) is 1.97. The van der Waals surface area contributed by atoms with Crippen molar-refractivity contribution in [3.05, 3.63) is 78.6 Å². The predicted octanol–water partition coefficient (Wildman–Crippen LogP) is 4.01. The minimum absolute atomic E-state index is 0.0451. The number of fused-ring (bicyclic) bond motifs is 2. The fraction of sp³-hybridized carbons (Fsp3) is 0.154. The van der Waals surface area contributed by atoms with E-state index in [0.29, 0.717) is 22.9 Å². The highest BCUT2D eigenvalue weighted by Gasteiger charge is 2.29. The molecule has 1 aliphatic rings. The Morgan fingerprint density at radius 1 is 0.914 bits per heavy atom. The van der Waals surface area contributed by atoms with Gasteiger partial charge in [0.25, 0.3) is 0 Å². The monoisotopic (exact) mass is 462 g/mol. The number of pyridine rings is 2. The lowest BCUT2D eigenvalue weighted by atomic mass is 10.1. The van der Waals surface area contributed by atoms with Gasteiger partial charge >= 0.3 is 0 Å². The number of benzene rings is 1. The van der Waals surface area contributed by atoms with Crippen LogP contribution in [0.15, 0.2) is 72.2 Å². The number of nitrogens with zero attached hydrogens (tertiary/aromatic N) is 8. The normalized spacial score (nSPS) is 13.6. The van der Waals surface area contributed by atoms with Crippen molar-refractivity contribution in [3.63, 3.8) is 0 Å². The Bertz CT molecular complexity index is 1610. The summed E-state index contributed by atoms with van der Waals surface area (Å²) >= 11 is 0. The molecule has 5 aromatic rings. The molecule has 172 valence electrons. The molecule has 9 heteroatoms. The second kappa shape index (κ2) is 7.98. The van der Waals surface area contributed by atoms with Crippen LogP contribution < -0.4 is 4.90 Å². The summed E-state index contributed by atoms with van der Waals surface area (Å²) in [7, 11) is 3.59. The average Bonchev–Trinajstić information content (AvgIpc) is 3.34. The van der Waals surface area contributed by atoms with Crippen LogP contribution in [0, 0.1) is 6.92 Å². The number of imidazole rings is 1. The minimum Gasteiger partial charge on any atom is -0.298 e. The molecule has 0 aliphatic carbocycles. The molecule has 0 bridgehead atoms. The molecule has 0 spiro atoms. The maximum atomic E-state index is 13.1. The second-order valence-electron chi connectivity index (χ2n) is 8.48. The molecule has 0 unspecified atom stereocenters. The van der Waals surface area contributed by atoms with Crippen LogP contribution >= 0.6 is 0 Å². The molecule has 0 N–H and O–H groups in total. The van der Waals surface area contributed by atoms with E-state index in [9.17, 15) is 4.79 Å². The Hall–Kier alpha value is -4.66. The first-order chi connectivity index (χ1) is 17.0. The average molecular weight is 463 g/mol. The van der Waals surface area contributed by atoms with Crippen LogP contribution in [0.5, 0.6) is 0 Å². The highest BCUT2D eigenvalue weighted by molar-refractivity contribution is 6.18. The first-order valence-electron chi connectivity index (χ1n) is 11.2. The molecule has 0 atom stereocenters. The van der Waals surface area contributed by atoms with E-state index in [0.717, 1.165) is 33.7 Å². The van der Waals surface area contributed by atoms with Crippen molar-refractivity contribution >= 4 is 34.2 Å². The molecule has 0 fully saturated rings. The maximum absolute atomic E-state index is 13.1. The molecule has 0 radical (unpaired) electrons. The quantitative estimate of drug-likeness (QED) is 0.404.